The van der Waals surface area contributed by atoms with E-state index in [2.05, 4.69) is 39.9 Å². The summed E-state index contributed by atoms with van der Waals surface area (Å²) in [6.45, 7) is 13.8. The van der Waals surface area contributed by atoms with Gasteiger partial charge in [-0.25, -0.2) is 0 Å². The van der Waals surface area contributed by atoms with E-state index < -0.39 is 0 Å². The van der Waals surface area contributed by atoms with Crippen molar-refractivity contribution in [3.8, 4) is 0 Å². The van der Waals surface area contributed by atoms with Gasteiger partial charge in [0.1, 0.15) is 0 Å². The summed E-state index contributed by atoms with van der Waals surface area (Å²) in [5, 5.41) is 3.79. The number of piperidine rings is 1. The molecule has 1 aliphatic heterocycles. The second kappa shape index (κ2) is 5.00. The van der Waals surface area contributed by atoms with Gasteiger partial charge in [-0.05, 0) is 73.2 Å². The summed E-state index contributed by atoms with van der Waals surface area (Å²) in [4.78, 5) is 0. The van der Waals surface area contributed by atoms with Gasteiger partial charge in [0.15, 0.2) is 0 Å². The Balaban J connectivity index is 1.68. The van der Waals surface area contributed by atoms with Crippen molar-refractivity contribution in [2.75, 3.05) is 6.54 Å². The summed E-state index contributed by atoms with van der Waals surface area (Å²) in [5.74, 6) is 3.82. The first-order valence-corrected chi connectivity index (χ1v) is 9.07. The molecule has 2 aliphatic carbocycles. The average Bonchev–Trinajstić information content (AvgIpc) is 2.91. The minimum Gasteiger partial charge on any atom is -0.313 e. The average molecular weight is 277 g/mol. The van der Waals surface area contributed by atoms with Crippen LogP contribution < -0.4 is 5.32 Å². The summed E-state index contributed by atoms with van der Waals surface area (Å²) >= 11 is 0. The molecule has 0 spiro atoms. The van der Waals surface area contributed by atoms with E-state index in [-0.39, 0.29) is 0 Å². The molecule has 2 bridgehead atoms. The molecule has 0 radical (unpaired) electrons. The molecule has 20 heavy (non-hydrogen) atoms. The van der Waals surface area contributed by atoms with Crippen molar-refractivity contribution in [3.63, 3.8) is 0 Å². The van der Waals surface area contributed by atoms with Crippen molar-refractivity contribution in [1.82, 2.24) is 5.32 Å². The highest BCUT2D eigenvalue weighted by atomic mass is 15.0. The SMILES string of the molecule is CCC1CC(CC2(C)CC3CNC2C3)C(C)CC1(C)C. The fourth-order valence-corrected chi connectivity index (χ4v) is 6.21. The summed E-state index contributed by atoms with van der Waals surface area (Å²) < 4.78 is 0. The third kappa shape index (κ3) is 2.45. The molecule has 3 rings (SSSR count). The normalized spacial score (nSPS) is 50.5. The quantitative estimate of drug-likeness (QED) is 0.776. The van der Waals surface area contributed by atoms with E-state index in [1.165, 1.54) is 45.1 Å². The lowest BCUT2D eigenvalue weighted by molar-refractivity contribution is 0.0218. The molecule has 0 aromatic heterocycles. The molecule has 0 aromatic rings. The predicted molar refractivity (Wildman–Crippen MR) is 86.7 cm³/mol. The smallest absolute Gasteiger partial charge is 0.0124 e. The van der Waals surface area contributed by atoms with E-state index in [0.29, 0.717) is 10.8 Å². The van der Waals surface area contributed by atoms with Crippen LogP contribution in [0, 0.1) is 34.5 Å². The minimum absolute atomic E-state index is 0.568. The molecule has 3 fully saturated rings. The zero-order chi connectivity index (χ0) is 14.5. The van der Waals surface area contributed by atoms with Gasteiger partial charge >= 0.3 is 0 Å². The Morgan fingerprint density at radius 1 is 1.10 bits per heavy atom. The number of hydrogen-bond donors (Lipinski definition) is 1. The molecule has 1 heterocycles. The van der Waals surface area contributed by atoms with Crippen LogP contribution in [0.4, 0.5) is 0 Å². The molecule has 1 nitrogen and oxygen atoms in total. The molecule has 0 amide bonds. The first-order chi connectivity index (χ1) is 9.34. The first kappa shape index (κ1) is 14.9. The van der Waals surface area contributed by atoms with Gasteiger partial charge < -0.3 is 5.32 Å². The molecule has 1 heteroatoms. The maximum atomic E-state index is 3.79. The van der Waals surface area contributed by atoms with Crippen molar-refractivity contribution in [2.45, 2.75) is 79.2 Å². The Kier molecular flexibility index (Phi) is 3.72. The summed E-state index contributed by atoms with van der Waals surface area (Å²) in [6.07, 6.45) is 8.73. The van der Waals surface area contributed by atoms with Gasteiger partial charge in [-0.3, -0.25) is 0 Å². The van der Waals surface area contributed by atoms with Crippen LogP contribution in [0.1, 0.15) is 73.1 Å². The van der Waals surface area contributed by atoms with Gasteiger partial charge in [0.05, 0.1) is 0 Å². The lowest BCUT2D eigenvalue weighted by Crippen LogP contribution is -2.44. The first-order valence-electron chi connectivity index (χ1n) is 9.07. The zero-order valence-electron chi connectivity index (χ0n) is 14.3. The lowest BCUT2D eigenvalue weighted by Gasteiger charge is -2.48. The van der Waals surface area contributed by atoms with Gasteiger partial charge in [0.2, 0.25) is 0 Å². The van der Waals surface area contributed by atoms with Crippen LogP contribution in [0.15, 0.2) is 0 Å². The molecule has 116 valence electrons. The highest BCUT2D eigenvalue weighted by Gasteiger charge is 2.50. The van der Waals surface area contributed by atoms with E-state index in [9.17, 15) is 0 Å². The van der Waals surface area contributed by atoms with Gasteiger partial charge in [-0.15, -0.1) is 0 Å². The molecule has 2 saturated carbocycles. The third-order valence-electron chi connectivity index (χ3n) is 7.38. The Morgan fingerprint density at radius 2 is 1.85 bits per heavy atom. The molecule has 6 unspecified atom stereocenters. The number of hydrogen-bond acceptors (Lipinski definition) is 1. The molecule has 6 atom stereocenters. The van der Waals surface area contributed by atoms with Gasteiger partial charge in [-0.2, -0.15) is 0 Å². The number of nitrogens with one attached hydrogen (secondary N) is 1. The Hall–Kier alpha value is -0.0400. The van der Waals surface area contributed by atoms with E-state index >= 15 is 0 Å². The van der Waals surface area contributed by atoms with Crippen molar-refractivity contribution < 1.29 is 0 Å². The standard InChI is InChI=1S/C19H35N/c1-6-16-8-15(13(2)9-18(16,3)4)11-19(5)10-14-7-17(19)20-12-14/h13-17,20H,6-12H2,1-5H3. The molecule has 1 saturated heterocycles. The topological polar surface area (TPSA) is 12.0 Å². The fraction of sp³-hybridized carbons (Fsp3) is 1.00. The second-order valence-electron chi connectivity index (χ2n) is 9.40. The fourth-order valence-electron chi connectivity index (χ4n) is 6.21. The number of rotatable bonds is 3. The Morgan fingerprint density at radius 3 is 2.40 bits per heavy atom. The monoisotopic (exact) mass is 277 g/mol. The van der Waals surface area contributed by atoms with Crippen molar-refractivity contribution in [3.05, 3.63) is 0 Å². The Bertz CT molecular complexity index is 361. The number of fused-ring (bicyclic) bond motifs is 2. The van der Waals surface area contributed by atoms with Gasteiger partial charge in [0, 0.05) is 6.04 Å². The highest BCUT2D eigenvalue weighted by Crippen LogP contribution is 2.54. The Labute approximate surface area is 126 Å². The predicted octanol–water partition coefficient (Wildman–Crippen LogP) is 4.86. The maximum Gasteiger partial charge on any atom is 0.0124 e. The lowest BCUT2D eigenvalue weighted by atomic mass is 9.58. The highest BCUT2D eigenvalue weighted by molar-refractivity contribution is 5.04. The van der Waals surface area contributed by atoms with E-state index in [1.807, 2.05) is 0 Å². The largest absolute Gasteiger partial charge is 0.313 e. The van der Waals surface area contributed by atoms with E-state index in [4.69, 9.17) is 0 Å². The maximum absolute atomic E-state index is 3.79. The zero-order valence-corrected chi connectivity index (χ0v) is 14.3. The van der Waals surface area contributed by atoms with Crippen molar-refractivity contribution >= 4 is 0 Å². The molecule has 1 N–H and O–H groups in total. The van der Waals surface area contributed by atoms with Crippen LogP contribution in [0.5, 0.6) is 0 Å². The van der Waals surface area contributed by atoms with E-state index in [1.54, 1.807) is 0 Å². The van der Waals surface area contributed by atoms with Gasteiger partial charge in [0.25, 0.3) is 0 Å². The van der Waals surface area contributed by atoms with Crippen molar-refractivity contribution in [2.24, 2.45) is 34.5 Å². The second-order valence-corrected chi connectivity index (χ2v) is 9.40. The van der Waals surface area contributed by atoms with Crippen LogP contribution in [-0.4, -0.2) is 12.6 Å². The van der Waals surface area contributed by atoms with Crippen LogP contribution >= 0.6 is 0 Å². The summed E-state index contributed by atoms with van der Waals surface area (Å²) in [7, 11) is 0. The van der Waals surface area contributed by atoms with Crippen LogP contribution in [-0.2, 0) is 0 Å². The van der Waals surface area contributed by atoms with Gasteiger partial charge in [-0.1, -0.05) is 41.0 Å². The molecular weight excluding hydrogens is 242 g/mol. The molecule has 0 aromatic carbocycles. The van der Waals surface area contributed by atoms with Crippen LogP contribution in [0.25, 0.3) is 0 Å². The molecule has 3 aliphatic rings. The van der Waals surface area contributed by atoms with E-state index in [0.717, 1.165) is 29.7 Å². The van der Waals surface area contributed by atoms with Crippen LogP contribution in [0.3, 0.4) is 0 Å². The van der Waals surface area contributed by atoms with Crippen molar-refractivity contribution in [1.29, 1.82) is 0 Å². The summed E-state index contributed by atoms with van der Waals surface area (Å²) in [6, 6.07) is 0.828. The molecular formula is C19H35N. The summed E-state index contributed by atoms with van der Waals surface area (Å²) in [5.41, 5.74) is 1.17. The minimum atomic E-state index is 0.568. The third-order valence-corrected chi connectivity index (χ3v) is 7.38. The van der Waals surface area contributed by atoms with Crippen LogP contribution in [0.2, 0.25) is 0 Å².